The quantitative estimate of drug-likeness (QED) is 0.841. The monoisotopic (exact) mass is 301 g/mol. The van der Waals surface area contributed by atoms with E-state index in [1.54, 1.807) is 11.6 Å². The number of benzene rings is 1. The van der Waals surface area contributed by atoms with E-state index in [4.69, 9.17) is 5.73 Å². The SMILES string of the molecule is Cc1c(N)cc(S(=O)(=O)NCc2nccs2)cc1F. The number of rotatable bonds is 4. The fourth-order valence-electron chi connectivity index (χ4n) is 1.41. The first kappa shape index (κ1) is 13.9. The topological polar surface area (TPSA) is 85.1 Å². The number of aromatic nitrogens is 1. The molecule has 0 amide bonds. The molecule has 2 aromatic rings. The first-order valence-corrected chi connectivity index (χ1v) is 7.70. The van der Waals surface area contributed by atoms with Crippen molar-refractivity contribution < 1.29 is 12.8 Å². The molecular formula is C11H12FN3O2S2. The molecule has 2 rings (SSSR count). The maximum absolute atomic E-state index is 13.5. The van der Waals surface area contributed by atoms with E-state index in [1.807, 2.05) is 0 Å². The van der Waals surface area contributed by atoms with Crippen molar-refractivity contribution in [2.45, 2.75) is 18.4 Å². The van der Waals surface area contributed by atoms with E-state index in [0.717, 1.165) is 6.07 Å². The van der Waals surface area contributed by atoms with Crippen LogP contribution < -0.4 is 10.5 Å². The third kappa shape index (κ3) is 3.09. The highest BCUT2D eigenvalue weighted by Crippen LogP contribution is 2.21. The summed E-state index contributed by atoms with van der Waals surface area (Å²) < 4.78 is 39.8. The van der Waals surface area contributed by atoms with Crippen LogP contribution in [0.3, 0.4) is 0 Å². The maximum Gasteiger partial charge on any atom is 0.241 e. The van der Waals surface area contributed by atoms with E-state index in [1.165, 1.54) is 24.3 Å². The van der Waals surface area contributed by atoms with Crippen molar-refractivity contribution in [2.24, 2.45) is 0 Å². The summed E-state index contributed by atoms with van der Waals surface area (Å²) in [6.45, 7) is 1.56. The number of nitrogen functional groups attached to an aromatic ring is 1. The summed E-state index contributed by atoms with van der Waals surface area (Å²) in [7, 11) is -3.80. The first-order chi connectivity index (χ1) is 8.90. The second-order valence-electron chi connectivity index (χ2n) is 3.87. The van der Waals surface area contributed by atoms with Gasteiger partial charge in [-0.25, -0.2) is 22.5 Å². The zero-order valence-corrected chi connectivity index (χ0v) is 11.7. The van der Waals surface area contributed by atoms with E-state index in [-0.39, 0.29) is 22.7 Å². The van der Waals surface area contributed by atoms with Gasteiger partial charge in [0.05, 0.1) is 11.4 Å². The Hall–Kier alpha value is -1.51. The van der Waals surface area contributed by atoms with Gasteiger partial charge in [0.2, 0.25) is 10.0 Å². The van der Waals surface area contributed by atoms with Crippen molar-refractivity contribution in [3.63, 3.8) is 0 Å². The molecule has 8 heteroatoms. The molecule has 0 unspecified atom stereocenters. The Balaban J connectivity index is 2.24. The smallest absolute Gasteiger partial charge is 0.241 e. The van der Waals surface area contributed by atoms with Gasteiger partial charge < -0.3 is 5.73 Å². The molecule has 1 aromatic heterocycles. The summed E-state index contributed by atoms with van der Waals surface area (Å²) in [5, 5.41) is 2.37. The van der Waals surface area contributed by atoms with Gasteiger partial charge >= 0.3 is 0 Å². The summed E-state index contributed by atoms with van der Waals surface area (Å²) in [5.74, 6) is -0.644. The minimum atomic E-state index is -3.80. The maximum atomic E-state index is 13.5. The molecule has 0 spiro atoms. The second kappa shape index (κ2) is 5.24. The molecule has 1 aromatic carbocycles. The molecule has 0 fully saturated rings. The van der Waals surface area contributed by atoms with Crippen molar-refractivity contribution in [1.82, 2.24) is 9.71 Å². The van der Waals surface area contributed by atoms with Gasteiger partial charge in [-0.15, -0.1) is 11.3 Å². The van der Waals surface area contributed by atoms with Crippen LogP contribution in [0.1, 0.15) is 10.6 Å². The summed E-state index contributed by atoms with van der Waals surface area (Å²) in [6, 6.07) is 2.19. The minimum absolute atomic E-state index is 0.0649. The summed E-state index contributed by atoms with van der Waals surface area (Å²) in [4.78, 5) is 3.76. The molecule has 0 saturated carbocycles. The van der Waals surface area contributed by atoms with Gasteiger partial charge in [0.15, 0.2) is 0 Å². The van der Waals surface area contributed by atoms with Crippen molar-refractivity contribution in [3.05, 3.63) is 40.1 Å². The second-order valence-corrected chi connectivity index (χ2v) is 6.62. The van der Waals surface area contributed by atoms with Gasteiger partial charge in [-0.3, -0.25) is 0 Å². The largest absolute Gasteiger partial charge is 0.398 e. The van der Waals surface area contributed by atoms with Gasteiger partial charge in [-0.1, -0.05) is 0 Å². The number of nitrogens with one attached hydrogen (secondary N) is 1. The lowest BCUT2D eigenvalue weighted by Gasteiger charge is -2.08. The zero-order valence-electron chi connectivity index (χ0n) is 10.1. The molecule has 0 aliphatic rings. The standard InChI is InChI=1S/C11H12FN3O2S2/c1-7-9(12)4-8(5-10(7)13)19(16,17)15-6-11-14-2-3-18-11/h2-5,15H,6,13H2,1H3. The molecule has 19 heavy (non-hydrogen) atoms. The molecule has 0 saturated heterocycles. The number of hydrogen-bond acceptors (Lipinski definition) is 5. The van der Waals surface area contributed by atoms with Crippen LogP contribution in [-0.4, -0.2) is 13.4 Å². The predicted molar refractivity (Wildman–Crippen MR) is 71.7 cm³/mol. The molecule has 0 aliphatic carbocycles. The van der Waals surface area contributed by atoms with Crippen LogP contribution in [0.25, 0.3) is 0 Å². The number of nitrogens with two attached hydrogens (primary N) is 1. The third-order valence-electron chi connectivity index (χ3n) is 2.57. The van der Waals surface area contributed by atoms with E-state index in [0.29, 0.717) is 5.01 Å². The Morgan fingerprint density at radius 3 is 2.79 bits per heavy atom. The third-order valence-corrected chi connectivity index (χ3v) is 4.73. The van der Waals surface area contributed by atoms with Gasteiger partial charge in [0, 0.05) is 22.8 Å². The Labute approximate surface area is 114 Å². The molecule has 0 bridgehead atoms. The lowest BCUT2D eigenvalue weighted by molar-refractivity contribution is 0.576. The van der Waals surface area contributed by atoms with Crippen molar-refractivity contribution >= 4 is 27.0 Å². The summed E-state index contributed by atoms with van der Waals surface area (Å²) >= 11 is 1.33. The van der Waals surface area contributed by atoms with Gasteiger partial charge in [0.25, 0.3) is 0 Å². The van der Waals surface area contributed by atoms with E-state index in [2.05, 4.69) is 9.71 Å². The summed E-state index contributed by atoms with van der Waals surface area (Å²) in [6.07, 6.45) is 1.58. The number of thiazole rings is 1. The molecule has 1 heterocycles. The van der Waals surface area contributed by atoms with Gasteiger partial charge in [0.1, 0.15) is 10.8 Å². The fourth-order valence-corrected chi connectivity index (χ4v) is 3.09. The number of halogens is 1. The number of anilines is 1. The average molecular weight is 301 g/mol. The summed E-state index contributed by atoms with van der Waals surface area (Å²) in [5.41, 5.74) is 5.91. The molecule has 0 aliphatic heterocycles. The van der Waals surface area contributed by atoms with E-state index in [9.17, 15) is 12.8 Å². The highest BCUT2D eigenvalue weighted by molar-refractivity contribution is 7.89. The van der Waals surface area contributed by atoms with Crippen molar-refractivity contribution in [1.29, 1.82) is 0 Å². The highest BCUT2D eigenvalue weighted by atomic mass is 32.2. The first-order valence-electron chi connectivity index (χ1n) is 5.34. The number of hydrogen-bond donors (Lipinski definition) is 2. The molecule has 0 atom stereocenters. The van der Waals surface area contributed by atoms with Crippen LogP contribution in [0.5, 0.6) is 0 Å². The fraction of sp³-hybridized carbons (Fsp3) is 0.182. The van der Waals surface area contributed by atoms with Crippen LogP contribution in [0, 0.1) is 12.7 Å². The van der Waals surface area contributed by atoms with E-state index >= 15 is 0 Å². The van der Waals surface area contributed by atoms with Crippen molar-refractivity contribution in [3.8, 4) is 0 Å². The van der Waals surface area contributed by atoms with Crippen LogP contribution >= 0.6 is 11.3 Å². The van der Waals surface area contributed by atoms with Gasteiger partial charge in [-0.2, -0.15) is 0 Å². The lowest BCUT2D eigenvalue weighted by Crippen LogP contribution is -2.23. The minimum Gasteiger partial charge on any atom is -0.398 e. The van der Waals surface area contributed by atoms with Crippen molar-refractivity contribution in [2.75, 3.05) is 5.73 Å². The highest BCUT2D eigenvalue weighted by Gasteiger charge is 2.17. The Bertz CT molecular complexity index is 661. The molecule has 5 nitrogen and oxygen atoms in total. The van der Waals surface area contributed by atoms with Crippen LogP contribution in [0.2, 0.25) is 0 Å². The molecule has 0 radical (unpaired) electrons. The zero-order chi connectivity index (χ0) is 14.0. The Morgan fingerprint density at radius 2 is 2.21 bits per heavy atom. The van der Waals surface area contributed by atoms with Crippen LogP contribution in [0.15, 0.2) is 28.6 Å². The Kier molecular flexibility index (Phi) is 3.83. The van der Waals surface area contributed by atoms with Gasteiger partial charge in [-0.05, 0) is 19.1 Å². The lowest BCUT2D eigenvalue weighted by atomic mass is 10.2. The van der Waals surface area contributed by atoms with E-state index < -0.39 is 15.8 Å². The average Bonchev–Trinajstić information content (AvgIpc) is 2.86. The Morgan fingerprint density at radius 1 is 1.47 bits per heavy atom. The van der Waals surface area contributed by atoms with Crippen LogP contribution in [0.4, 0.5) is 10.1 Å². The molecule has 102 valence electrons. The predicted octanol–water partition coefficient (Wildman–Crippen LogP) is 1.65. The van der Waals surface area contributed by atoms with Crippen LogP contribution in [-0.2, 0) is 16.6 Å². The normalized spacial score (nSPS) is 11.7. The number of sulfonamides is 1. The molecule has 3 N–H and O–H groups in total. The number of nitrogens with zero attached hydrogens (tertiary/aromatic N) is 1. The molecular weight excluding hydrogens is 289 g/mol.